The molecule has 32 heavy (non-hydrogen) atoms. The van der Waals surface area contributed by atoms with Crippen LogP contribution in [0.15, 0.2) is 52.2 Å². The molecule has 170 valence electrons. The van der Waals surface area contributed by atoms with Gasteiger partial charge in [-0.3, -0.25) is 9.59 Å². The zero-order valence-corrected chi connectivity index (χ0v) is 17.6. The molecule has 1 heterocycles. The molecule has 1 aromatic heterocycles. The predicted octanol–water partition coefficient (Wildman–Crippen LogP) is 1.97. The van der Waals surface area contributed by atoms with Crippen LogP contribution in [0.25, 0.3) is 10.9 Å². The van der Waals surface area contributed by atoms with E-state index in [1.807, 2.05) is 0 Å². The number of halogens is 3. The Morgan fingerprint density at radius 3 is 2.44 bits per heavy atom. The summed E-state index contributed by atoms with van der Waals surface area (Å²) in [5, 5.41) is 9.89. The third-order valence-corrected chi connectivity index (χ3v) is 5.54. The average molecular weight is 470 g/mol. The highest BCUT2D eigenvalue weighted by Gasteiger charge is 2.31. The first-order chi connectivity index (χ1) is 14.8. The van der Waals surface area contributed by atoms with Gasteiger partial charge in [0.15, 0.2) is 9.84 Å². The molecule has 0 saturated carbocycles. The third-order valence-electron chi connectivity index (χ3n) is 4.40. The molecule has 0 bridgehead atoms. The first-order valence-corrected chi connectivity index (χ1v) is 11.0. The van der Waals surface area contributed by atoms with Gasteiger partial charge in [-0.15, -0.1) is 18.3 Å². The van der Waals surface area contributed by atoms with E-state index in [9.17, 15) is 31.2 Å². The Morgan fingerprint density at radius 1 is 1.19 bits per heavy atom. The van der Waals surface area contributed by atoms with E-state index in [1.54, 1.807) is 6.92 Å². The molecular weight excluding hydrogens is 453 g/mol. The fourth-order valence-corrected chi connectivity index (χ4v) is 3.86. The van der Waals surface area contributed by atoms with Crippen LogP contribution in [-0.2, 0) is 21.2 Å². The fraction of sp³-hybridized carbons (Fsp3) is 0.263. The van der Waals surface area contributed by atoms with Crippen molar-refractivity contribution in [3.63, 3.8) is 0 Å². The number of alkyl halides is 3. The molecular formula is C19H17F3N4O5S. The number of aromatic nitrogens is 3. The number of carbonyl (C=O) groups excluding carboxylic acids is 1. The Kier molecular flexibility index (Phi) is 6.21. The molecule has 0 aliphatic heterocycles. The lowest BCUT2D eigenvalue weighted by Gasteiger charge is -2.15. The van der Waals surface area contributed by atoms with Crippen molar-refractivity contribution in [1.29, 1.82) is 0 Å². The minimum absolute atomic E-state index is 0.0733. The molecule has 1 atom stereocenters. The van der Waals surface area contributed by atoms with Crippen LogP contribution in [0.1, 0.15) is 18.5 Å². The molecule has 0 spiro atoms. The number of hydrogen-bond acceptors (Lipinski definition) is 7. The van der Waals surface area contributed by atoms with Crippen LogP contribution >= 0.6 is 0 Å². The highest BCUT2D eigenvalue weighted by molar-refractivity contribution is 7.91. The Hall–Kier alpha value is -3.48. The van der Waals surface area contributed by atoms with Gasteiger partial charge in [0.1, 0.15) is 17.8 Å². The molecule has 2 aromatic carbocycles. The second-order valence-corrected chi connectivity index (χ2v) is 8.86. The molecule has 0 saturated heterocycles. The molecule has 0 unspecified atom stereocenters. The second kappa shape index (κ2) is 8.57. The maximum Gasteiger partial charge on any atom is 0.573 e. The lowest BCUT2D eigenvalue weighted by molar-refractivity contribution is -0.274. The number of benzene rings is 2. The molecule has 0 aliphatic rings. The number of nitrogens with zero attached hydrogens (tertiary/aromatic N) is 3. The summed E-state index contributed by atoms with van der Waals surface area (Å²) in [5.74, 6) is -1.04. The van der Waals surface area contributed by atoms with Crippen molar-refractivity contribution in [2.45, 2.75) is 30.8 Å². The van der Waals surface area contributed by atoms with Gasteiger partial charge in [0.2, 0.25) is 5.91 Å². The molecule has 13 heteroatoms. The van der Waals surface area contributed by atoms with Crippen LogP contribution in [0.5, 0.6) is 5.75 Å². The fourth-order valence-electron chi connectivity index (χ4n) is 2.97. The van der Waals surface area contributed by atoms with Gasteiger partial charge >= 0.3 is 6.36 Å². The van der Waals surface area contributed by atoms with E-state index in [0.29, 0.717) is 5.56 Å². The van der Waals surface area contributed by atoms with Crippen LogP contribution in [0.4, 0.5) is 13.2 Å². The van der Waals surface area contributed by atoms with Crippen LogP contribution in [0, 0.1) is 0 Å². The summed E-state index contributed by atoms with van der Waals surface area (Å²) in [5.41, 5.74) is -0.235. The topological polar surface area (TPSA) is 120 Å². The lowest BCUT2D eigenvalue weighted by Crippen LogP contribution is -2.35. The van der Waals surface area contributed by atoms with Gasteiger partial charge in [0.05, 0.1) is 16.3 Å². The van der Waals surface area contributed by atoms with E-state index in [4.69, 9.17) is 0 Å². The third kappa shape index (κ3) is 5.41. The summed E-state index contributed by atoms with van der Waals surface area (Å²) in [6.07, 6.45) is -3.86. The Balaban J connectivity index is 1.77. The van der Waals surface area contributed by atoms with Crippen molar-refractivity contribution in [1.82, 2.24) is 20.3 Å². The molecule has 1 amide bonds. The summed E-state index contributed by atoms with van der Waals surface area (Å²) >= 11 is 0. The number of ether oxygens (including phenoxy) is 1. The standard InChI is InChI=1S/C19H17F3N4O5S/c1-11(12-6-8-13(9-7-12)31-19(20,21)22)23-16(27)10-26-18(28)17-14(24-25-26)4-3-5-15(17)32(2,29)30/h3-9,11H,10H2,1-2H3,(H,23,27)/t11-/m0/s1. The van der Waals surface area contributed by atoms with Gasteiger partial charge < -0.3 is 10.1 Å². The minimum atomic E-state index is -4.81. The van der Waals surface area contributed by atoms with Crippen LogP contribution in [-0.4, -0.2) is 41.9 Å². The van der Waals surface area contributed by atoms with E-state index in [-0.39, 0.29) is 15.8 Å². The highest BCUT2D eigenvalue weighted by atomic mass is 32.2. The van der Waals surface area contributed by atoms with Crippen molar-refractivity contribution in [2.75, 3.05) is 6.26 Å². The number of amides is 1. The van der Waals surface area contributed by atoms with Crippen molar-refractivity contribution >= 4 is 26.6 Å². The van der Waals surface area contributed by atoms with Gasteiger partial charge in [-0.1, -0.05) is 23.4 Å². The molecule has 0 fully saturated rings. The van der Waals surface area contributed by atoms with Gasteiger partial charge in [0.25, 0.3) is 5.56 Å². The van der Waals surface area contributed by atoms with E-state index in [1.165, 1.54) is 30.3 Å². The Labute approximate surface area is 179 Å². The normalized spacial score (nSPS) is 13.0. The number of fused-ring (bicyclic) bond motifs is 1. The largest absolute Gasteiger partial charge is 0.573 e. The van der Waals surface area contributed by atoms with Gasteiger partial charge in [-0.25, -0.2) is 13.1 Å². The molecule has 0 radical (unpaired) electrons. The van der Waals surface area contributed by atoms with Gasteiger partial charge in [-0.2, -0.15) is 0 Å². The van der Waals surface area contributed by atoms with E-state index in [2.05, 4.69) is 20.4 Å². The number of nitrogens with one attached hydrogen (secondary N) is 1. The van der Waals surface area contributed by atoms with E-state index < -0.39 is 46.0 Å². The quantitative estimate of drug-likeness (QED) is 0.585. The average Bonchev–Trinajstić information content (AvgIpc) is 2.68. The smallest absolute Gasteiger partial charge is 0.406 e. The summed E-state index contributed by atoms with van der Waals surface area (Å²) in [4.78, 5) is 24.9. The van der Waals surface area contributed by atoms with Crippen molar-refractivity contribution < 1.29 is 31.1 Å². The number of rotatable bonds is 6. The first kappa shape index (κ1) is 23.2. The van der Waals surface area contributed by atoms with Crippen LogP contribution < -0.4 is 15.6 Å². The van der Waals surface area contributed by atoms with Gasteiger partial charge in [-0.05, 0) is 36.8 Å². The number of carbonyl (C=O) groups is 1. The summed E-state index contributed by atoms with van der Waals surface area (Å²) in [6.45, 7) is 1.05. The predicted molar refractivity (Wildman–Crippen MR) is 107 cm³/mol. The molecule has 3 aromatic rings. The maximum atomic E-state index is 12.7. The van der Waals surface area contributed by atoms with Crippen LogP contribution in [0.3, 0.4) is 0 Å². The summed E-state index contributed by atoms with van der Waals surface area (Å²) in [7, 11) is -3.73. The molecule has 0 aliphatic carbocycles. The van der Waals surface area contributed by atoms with Crippen molar-refractivity contribution in [3.05, 3.63) is 58.4 Å². The second-order valence-electron chi connectivity index (χ2n) is 6.88. The number of sulfone groups is 1. The molecule has 9 nitrogen and oxygen atoms in total. The lowest BCUT2D eigenvalue weighted by atomic mass is 10.1. The SMILES string of the molecule is C[C@H](NC(=O)Cn1nnc2cccc(S(C)(=O)=O)c2c1=O)c1ccc(OC(F)(F)F)cc1. The monoisotopic (exact) mass is 470 g/mol. The van der Waals surface area contributed by atoms with E-state index in [0.717, 1.165) is 23.1 Å². The summed E-state index contributed by atoms with van der Waals surface area (Å²) in [6, 6.07) is 8.43. The van der Waals surface area contributed by atoms with Gasteiger partial charge in [0, 0.05) is 6.26 Å². The Morgan fingerprint density at radius 2 is 1.84 bits per heavy atom. The number of hydrogen-bond donors (Lipinski definition) is 1. The molecule has 1 N–H and O–H groups in total. The first-order valence-electron chi connectivity index (χ1n) is 9.07. The summed E-state index contributed by atoms with van der Waals surface area (Å²) < 4.78 is 65.3. The van der Waals surface area contributed by atoms with Crippen molar-refractivity contribution in [2.24, 2.45) is 0 Å². The van der Waals surface area contributed by atoms with Crippen LogP contribution in [0.2, 0.25) is 0 Å². The minimum Gasteiger partial charge on any atom is -0.406 e. The zero-order chi connectivity index (χ0) is 23.7. The zero-order valence-electron chi connectivity index (χ0n) is 16.8. The molecule has 3 rings (SSSR count). The maximum absolute atomic E-state index is 12.7. The Bertz CT molecular complexity index is 1320. The van der Waals surface area contributed by atoms with Crippen molar-refractivity contribution in [3.8, 4) is 5.75 Å². The highest BCUT2D eigenvalue weighted by Crippen LogP contribution is 2.24. The van der Waals surface area contributed by atoms with E-state index >= 15 is 0 Å².